The number of para-hydroxylation sites is 1. The summed E-state index contributed by atoms with van der Waals surface area (Å²) in [7, 11) is 1.59. The number of carbonyl (C=O) groups is 1. The predicted octanol–water partition coefficient (Wildman–Crippen LogP) is 3.15. The molecule has 1 N–H and O–H groups in total. The Kier molecular flexibility index (Phi) is 5.56. The molecule has 0 unspecified atom stereocenters. The number of piperazine rings is 1. The van der Waals surface area contributed by atoms with Crippen molar-refractivity contribution in [1.82, 2.24) is 14.8 Å². The zero-order chi connectivity index (χ0) is 20.4. The molecule has 0 aliphatic carbocycles. The molecular formula is C22H22ClN3O3. The molecule has 2 aromatic carbocycles. The van der Waals surface area contributed by atoms with Crippen LogP contribution >= 0.6 is 11.6 Å². The molecule has 1 aliphatic heterocycles. The second kappa shape index (κ2) is 8.27. The number of aromatic amines is 1. The largest absolute Gasteiger partial charge is 0.497 e. The van der Waals surface area contributed by atoms with E-state index in [9.17, 15) is 9.59 Å². The van der Waals surface area contributed by atoms with E-state index in [2.05, 4.69) is 9.88 Å². The van der Waals surface area contributed by atoms with Crippen molar-refractivity contribution in [2.24, 2.45) is 0 Å². The lowest BCUT2D eigenvalue weighted by molar-refractivity contribution is 0.0627. The van der Waals surface area contributed by atoms with Gasteiger partial charge in [0.25, 0.3) is 5.91 Å². The van der Waals surface area contributed by atoms with Crippen LogP contribution in [-0.4, -0.2) is 54.0 Å². The normalized spacial score (nSPS) is 14.9. The molecule has 0 radical (unpaired) electrons. The first kappa shape index (κ1) is 19.5. The number of aromatic nitrogens is 1. The Balaban J connectivity index is 1.42. The number of hydrogen-bond acceptors (Lipinski definition) is 4. The topological polar surface area (TPSA) is 65.6 Å². The third-order valence-corrected chi connectivity index (χ3v) is 5.56. The first-order chi connectivity index (χ1) is 14.0. The van der Waals surface area contributed by atoms with Gasteiger partial charge >= 0.3 is 0 Å². The van der Waals surface area contributed by atoms with Crippen LogP contribution in [0, 0.1) is 0 Å². The molecule has 6 nitrogen and oxygen atoms in total. The van der Waals surface area contributed by atoms with E-state index in [1.165, 1.54) is 0 Å². The van der Waals surface area contributed by atoms with Gasteiger partial charge in [0.2, 0.25) is 0 Å². The molecular weight excluding hydrogens is 390 g/mol. The van der Waals surface area contributed by atoms with Crippen molar-refractivity contribution in [1.29, 1.82) is 0 Å². The molecule has 2 heterocycles. The number of carbonyl (C=O) groups excluding carboxylic acids is 1. The maximum absolute atomic E-state index is 12.8. The maximum Gasteiger partial charge on any atom is 0.254 e. The highest BCUT2D eigenvalue weighted by Gasteiger charge is 2.22. The SMILES string of the molecule is COc1cccc(C(=O)N2CCN(Cc3cc(=O)c4cccc(Cl)c4[nH]3)CC2)c1. The quantitative estimate of drug-likeness (QED) is 0.716. The maximum atomic E-state index is 12.8. The van der Waals surface area contributed by atoms with Crippen LogP contribution in [0.15, 0.2) is 53.3 Å². The monoisotopic (exact) mass is 411 g/mol. The van der Waals surface area contributed by atoms with Crippen LogP contribution in [0.2, 0.25) is 5.02 Å². The molecule has 1 aliphatic rings. The van der Waals surface area contributed by atoms with E-state index < -0.39 is 0 Å². The van der Waals surface area contributed by atoms with Crippen LogP contribution in [0.5, 0.6) is 5.75 Å². The molecule has 1 fully saturated rings. The zero-order valence-corrected chi connectivity index (χ0v) is 16.9. The van der Waals surface area contributed by atoms with Crippen LogP contribution in [-0.2, 0) is 6.54 Å². The Morgan fingerprint density at radius 1 is 1.10 bits per heavy atom. The fourth-order valence-corrected chi connectivity index (χ4v) is 3.88. The lowest BCUT2D eigenvalue weighted by Crippen LogP contribution is -2.48. The van der Waals surface area contributed by atoms with Gasteiger partial charge in [-0.1, -0.05) is 23.7 Å². The fraction of sp³-hybridized carbons (Fsp3) is 0.273. The van der Waals surface area contributed by atoms with E-state index in [4.69, 9.17) is 16.3 Å². The van der Waals surface area contributed by atoms with Crippen molar-refractivity contribution in [3.8, 4) is 5.75 Å². The number of fused-ring (bicyclic) bond motifs is 1. The van der Waals surface area contributed by atoms with Gasteiger partial charge in [0.15, 0.2) is 5.43 Å². The molecule has 1 saturated heterocycles. The minimum atomic E-state index is -0.0388. The van der Waals surface area contributed by atoms with Gasteiger partial charge < -0.3 is 14.6 Å². The summed E-state index contributed by atoms with van der Waals surface area (Å²) in [5.74, 6) is 0.683. The number of amides is 1. The van der Waals surface area contributed by atoms with Crippen LogP contribution in [0.25, 0.3) is 10.9 Å². The van der Waals surface area contributed by atoms with Crippen molar-refractivity contribution in [3.05, 3.63) is 75.0 Å². The van der Waals surface area contributed by atoms with Crippen molar-refractivity contribution in [3.63, 3.8) is 0 Å². The highest BCUT2D eigenvalue weighted by molar-refractivity contribution is 6.35. The number of methoxy groups -OCH3 is 1. The molecule has 0 bridgehead atoms. The molecule has 3 aromatic rings. The smallest absolute Gasteiger partial charge is 0.254 e. The van der Waals surface area contributed by atoms with Gasteiger partial charge in [-0.05, 0) is 30.3 Å². The Morgan fingerprint density at radius 2 is 1.86 bits per heavy atom. The number of pyridine rings is 1. The van der Waals surface area contributed by atoms with Crippen LogP contribution < -0.4 is 10.2 Å². The number of hydrogen-bond donors (Lipinski definition) is 1. The van der Waals surface area contributed by atoms with Gasteiger partial charge in [-0.2, -0.15) is 0 Å². The Bertz CT molecular complexity index is 1100. The fourth-order valence-electron chi connectivity index (χ4n) is 3.66. The van der Waals surface area contributed by atoms with E-state index in [1.807, 2.05) is 17.0 Å². The van der Waals surface area contributed by atoms with E-state index in [-0.39, 0.29) is 11.3 Å². The van der Waals surface area contributed by atoms with Gasteiger partial charge in [0.05, 0.1) is 17.6 Å². The highest BCUT2D eigenvalue weighted by Crippen LogP contribution is 2.20. The number of H-pyrrole nitrogens is 1. The Morgan fingerprint density at radius 3 is 2.62 bits per heavy atom. The van der Waals surface area contributed by atoms with Crippen molar-refractivity contribution < 1.29 is 9.53 Å². The summed E-state index contributed by atoms with van der Waals surface area (Å²) >= 11 is 6.24. The second-order valence-electron chi connectivity index (χ2n) is 7.12. The predicted molar refractivity (Wildman–Crippen MR) is 114 cm³/mol. The van der Waals surface area contributed by atoms with E-state index >= 15 is 0 Å². The molecule has 0 atom stereocenters. The summed E-state index contributed by atoms with van der Waals surface area (Å²) in [6, 6.07) is 14.2. The molecule has 1 aromatic heterocycles. The number of halogens is 1. The molecule has 29 heavy (non-hydrogen) atoms. The number of nitrogens with zero attached hydrogens (tertiary/aromatic N) is 2. The van der Waals surface area contributed by atoms with E-state index in [0.717, 1.165) is 18.8 Å². The summed E-state index contributed by atoms with van der Waals surface area (Å²) in [4.78, 5) is 32.5. The van der Waals surface area contributed by atoms with Crippen molar-refractivity contribution >= 4 is 28.4 Å². The van der Waals surface area contributed by atoms with Crippen LogP contribution in [0.3, 0.4) is 0 Å². The Hall–Kier alpha value is -2.83. The highest BCUT2D eigenvalue weighted by atomic mass is 35.5. The van der Waals surface area contributed by atoms with E-state index in [1.54, 1.807) is 43.5 Å². The molecule has 4 rings (SSSR count). The second-order valence-corrected chi connectivity index (χ2v) is 7.53. The van der Waals surface area contributed by atoms with Gasteiger partial charge in [-0.15, -0.1) is 0 Å². The van der Waals surface area contributed by atoms with Gasteiger partial charge in [0, 0.05) is 55.4 Å². The van der Waals surface area contributed by atoms with Crippen LogP contribution in [0.4, 0.5) is 0 Å². The number of nitrogens with one attached hydrogen (secondary N) is 1. The van der Waals surface area contributed by atoms with Gasteiger partial charge in [-0.25, -0.2) is 0 Å². The van der Waals surface area contributed by atoms with Crippen LogP contribution in [0.1, 0.15) is 16.1 Å². The summed E-state index contributed by atoms with van der Waals surface area (Å²) in [5, 5.41) is 1.13. The summed E-state index contributed by atoms with van der Waals surface area (Å²) in [6.45, 7) is 3.34. The lowest BCUT2D eigenvalue weighted by atomic mass is 10.1. The molecule has 0 saturated carbocycles. The summed E-state index contributed by atoms with van der Waals surface area (Å²) in [5.41, 5.74) is 2.08. The standard InChI is InChI=1S/C22H22ClN3O3/c1-29-17-5-2-4-15(12-17)22(28)26-10-8-25(9-11-26)14-16-13-20(27)18-6-3-7-19(23)21(18)24-16/h2-7,12-13H,8-11,14H2,1H3,(H,24,27). The summed E-state index contributed by atoms with van der Waals surface area (Å²) < 4.78 is 5.21. The Labute approximate surface area is 173 Å². The third kappa shape index (κ3) is 4.13. The number of ether oxygens (including phenoxy) is 1. The minimum Gasteiger partial charge on any atom is -0.497 e. The van der Waals surface area contributed by atoms with Crippen molar-refractivity contribution in [2.45, 2.75) is 6.54 Å². The lowest BCUT2D eigenvalue weighted by Gasteiger charge is -2.34. The van der Waals surface area contributed by atoms with Crippen molar-refractivity contribution in [2.75, 3.05) is 33.3 Å². The van der Waals surface area contributed by atoms with E-state index in [0.29, 0.717) is 46.9 Å². The average Bonchev–Trinajstić information content (AvgIpc) is 2.75. The number of benzene rings is 2. The minimum absolute atomic E-state index is 0.00874. The van der Waals surface area contributed by atoms with Gasteiger partial charge in [0.1, 0.15) is 5.75 Å². The molecule has 0 spiro atoms. The molecule has 150 valence electrons. The zero-order valence-electron chi connectivity index (χ0n) is 16.2. The first-order valence-electron chi connectivity index (χ1n) is 9.51. The summed E-state index contributed by atoms with van der Waals surface area (Å²) in [6.07, 6.45) is 0. The van der Waals surface area contributed by atoms with Gasteiger partial charge in [-0.3, -0.25) is 14.5 Å². The molecule has 7 heteroatoms. The third-order valence-electron chi connectivity index (χ3n) is 5.24. The molecule has 1 amide bonds. The number of rotatable bonds is 4. The average molecular weight is 412 g/mol. The first-order valence-corrected chi connectivity index (χ1v) is 9.89.